The second kappa shape index (κ2) is 5.92. The Morgan fingerprint density at radius 2 is 1.75 bits per heavy atom. The molecule has 0 fully saturated rings. The molecule has 0 aliphatic carbocycles. The van der Waals surface area contributed by atoms with Crippen molar-refractivity contribution in [3.05, 3.63) is 70.9 Å². The van der Waals surface area contributed by atoms with E-state index >= 15 is 0 Å². The van der Waals surface area contributed by atoms with Gasteiger partial charge in [0.25, 0.3) is 0 Å². The first-order chi connectivity index (χ1) is 11.5. The molecule has 24 heavy (non-hydrogen) atoms. The van der Waals surface area contributed by atoms with Crippen molar-refractivity contribution < 1.29 is 8.42 Å². The van der Waals surface area contributed by atoms with Crippen LogP contribution in [0.2, 0.25) is 5.02 Å². The second-order valence-corrected chi connectivity index (χ2v) is 8.40. The first kappa shape index (κ1) is 15.7. The van der Waals surface area contributed by atoms with Crippen LogP contribution in [0, 0.1) is 0 Å². The molecule has 1 aliphatic heterocycles. The van der Waals surface area contributed by atoms with Crippen LogP contribution in [0.3, 0.4) is 0 Å². The van der Waals surface area contributed by atoms with E-state index in [9.17, 15) is 8.42 Å². The van der Waals surface area contributed by atoms with E-state index in [1.807, 2.05) is 18.2 Å². The summed E-state index contributed by atoms with van der Waals surface area (Å²) in [4.78, 5) is 0. The number of aromatic nitrogens is 1. The van der Waals surface area contributed by atoms with Crippen LogP contribution in [0.25, 0.3) is 10.9 Å². The Labute approximate surface area is 146 Å². The van der Waals surface area contributed by atoms with Crippen LogP contribution in [-0.4, -0.2) is 23.8 Å². The van der Waals surface area contributed by atoms with Crippen molar-refractivity contribution in [1.82, 2.24) is 8.87 Å². The van der Waals surface area contributed by atoms with Crippen LogP contribution in [0.4, 0.5) is 0 Å². The molecule has 0 amide bonds. The van der Waals surface area contributed by atoms with E-state index in [1.54, 1.807) is 22.5 Å². The van der Waals surface area contributed by atoms with Gasteiger partial charge < -0.3 is 4.57 Å². The van der Waals surface area contributed by atoms with Gasteiger partial charge in [-0.15, -0.1) is 0 Å². The first-order valence-electron chi connectivity index (χ1n) is 7.83. The Morgan fingerprint density at radius 1 is 1.00 bits per heavy atom. The molecule has 4 rings (SSSR count). The number of sulfonamides is 1. The maximum atomic E-state index is 12.8. The van der Waals surface area contributed by atoms with Crippen LogP contribution >= 0.6 is 11.6 Å². The summed E-state index contributed by atoms with van der Waals surface area (Å²) >= 11 is 6.12. The Bertz CT molecular complexity index is 1010. The van der Waals surface area contributed by atoms with Crippen LogP contribution in [0.15, 0.2) is 54.6 Å². The van der Waals surface area contributed by atoms with Gasteiger partial charge in [-0.25, -0.2) is 8.42 Å². The van der Waals surface area contributed by atoms with Gasteiger partial charge in [0.1, 0.15) is 0 Å². The third-order valence-corrected chi connectivity index (χ3v) is 6.64. The van der Waals surface area contributed by atoms with Crippen molar-refractivity contribution in [1.29, 1.82) is 0 Å². The monoisotopic (exact) mass is 360 g/mol. The largest absolute Gasteiger partial charge is 0.342 e. The summed E-state index contributed by atoms with van der Waals surface area (Å²) in [6.07, 6.45) is 0. The molecular formula is C18H17ClN2O2S. The maximum absolute atomic E-state index is 12.8. The van der Waals surface area contributed by atoms with E-state index in [4.69, 9.17) is 11.6 Å². The summed E-state index contributed by atoms with van der Waals surface area (Å²) in [6, 6.07) is 17.3. The smallest absolute Gasteiger partial charge is 0.218 e. The lowest BCUT2D eigenvalue weighted by Crippen LogP contribution is -2.38. The lowest BCUT2D eigenvalue weighted by Gasteiger charge is -2.28. The fourth-order valence-corrected chi connectivity index (χ4v) is 5.07. The third-order valence-electron chi connectivity index (χ3n) is 4.50. The zero-order chi connectivity index (χ0) is 16.7. The van der Waals surface area contributed by atoms with E-state index in [1.165, 1.54) is 0 Å². The highest BCUT2D eigenvalue weighted by molar-refractivity contribution is 7.88. The lowest BCUT2D eigenvalue weighted by molar-refractivity contribution is 0.345. The summed E-state index contributed by atoms with van der Waals surface area (Å²) in [5.74, 6) is -0.0626. The van der Waals surface area contributed by atoms with Crippen molar-refractivity contribution >= 4 is 32.5 Å². The molecule has 0 unspecified atom stereocenters. The minimum Gasteiger partial charge on any atom is -0.342 e. The van der Waals surface area contributed by atoms with E-state index < -0.39 is 10.0 Å². The van der Waals surface area contributed by atoms with Gasteiger partial charge in [0.2, 0.25) is 10.0 Å². The highest BCUT2D eigenvalue weighted by atomic mass is 35.5. The average molecular weight is 361 g/mol. The molecule has 124 valence electrons. The molecular weight excluding hydrogens is 344 g/mol. The molecule has 1 aromatic heterocycles. The highest BCUT2D eigenvalue weighted by Gasteiger charge is 2.28. The molecule has 0 spiro atoms. The predicted octanol–water partition coefficient (Wildman–Crippen LogP) is 3.64. The van der Waals surface area contributed by atoms with Gasteiger partial charge in [0.05, 0.1) is 12.3 Å². The number of para-hydroxylation sites is 1. The van der Waals surface area contributed by atoms with Crippen LogP contribution in [-0.2, 0) is 28.9 Å². The van der Waals surface area contributed by atoms with Gasteiger partial charge in [0, 0.05) is 29.3 Å². The number of nitrogens with zero attached hydrogens (tertiary/aromatic N) is 2. The molecule has 0 atom stereocenters. The van der Waals surface area contributed by atoms with Crippen LogP contribution in [0.5, 0.6) is 0 Å². The van der Waals surface area contributed by atoms with E-state index in [-0.39, 0.29) is 5.75 Å². The summed E-state index contributed by atoms with van der Waals surface area (Å²) in [5.41, 5.74) is 2.84. The number of halogens is 1. The van der Waals surface area contributed by atoms with Crippen molar-refractivity contribution in [3.63, 3.8) is 0 Å². The average Bonchev–Trinajstić information content (AvgIpc) is 2.94. The summed E-state index contributed by atoms with van der Waals surface area (Å²) in [5, 5.41) is 1.64. The molecule has 0 saturated heterocycles. The van der Waals surface area contributed by atoms with Crippen molar-refractivity contribution in [2.75, 3.05) is 6.54 Å². The SMILES string of the molecule is O=S(=O)(Cc1ccccc1Cl)N1CCn2c(cc3ccccc32)C1. The lowest BCUT2D eigenvalue weighted by atomic mass is 10.2. The topological polar surface area (TPSA) is 42.3 Å². The fraction of sp³-hybridized carbons (Fsp3) is 0.222. The Morgan fingerprint density at radius 3 is 2.58 bits per heavy atom. The molecule has 0 N–H and O–H groups in total. The number of benzene rings is 2. The Hall–Kier alpha value is -1.82. The van der Waals surface area contributed by atoms with Crippen molar-refractivity contribution in [3.8, 4) is 0 Å². The number of hydrogen-bond donors (Lipinski definition) is 0. The molecule has 0 saturated carbocycles. The Kier molecular flexibility index (Phi) is 3.87. The Balaban J connectivity index is 1.63. The van der Waals surface area contributed by atoms with Gasteiger partial charge in [-0.3, -0.25) is 0 Å². The highest BCUT2D eigenvalue weighted by Crippen LogP contribution is 2.27. The molecule has 3 aromatic rings. The predicted molar refractivity (Wildman–Crippen MR) is 96.4 cm³/mol. The van der Waals surface area contributed by atoms with Gasteiger partial charge in [-0.1, -0.05) is 48.0 Å². The van der Waals surface area contributed by atoms with Crippen molar-refractivity contribution in [2.45, 2.75) is 18.8 Å². The standard InChI is InChI=1S/C18H17ClN2O2S/c19-17-7-3-1-6-15(17)13-24(22,23)20-9-10-21-16(12-20)11-14-5-2-4-8-18(14)21/h1-8,11H,9-10,12-13H2. The van der Waals surface area contributed by atoms with Gasteiger partial charge >= 0.3 is 0 Å². The molecule has 0 radical (unpaired) electrons. The fourth-order valence-electron chi connectivity index (χ4n) is 3.27. The number of rotatable bonds is 3. The van der Waals surface area contributed by atoms with E-state index in [0.717, 1.165) is 16.6 Å². The normalized spacial score (nSPS) is 15.5. The molecule has 2 aromatic carbocycles. The number of fused-ring (bicyclic) bond motifs is 3. The molecule has 4 nitrogen and oxygen atoms in total. The van der Waals surface area contributed by atoms with E-state index in [0.29, 0.717) is 30.2 Å². The van der Waals surface area contributed by atoms with Gasteiger partial charge in [-0.05, 0) is 29.1 Å². The summed E-state index contributed by atoms with van der Waals surface area (Å²) in [6.45, 7) is 1.56. The van der Waals surface area contributed by atoms with E-state index in [2.05, 4.69) is 22.8 Å². The van der Waals surface area contributed by atoms with Gasteiger partial charge in [-0.2, -0.15) is 4.31 Å². The first-order valence-corrected chi connectivity index (χ1v) is 9.82. The second-order valence-electron chi connectivity index (χ2n) is 6.03. The summed E-state index contributed by atoms with van der Waals surface area (Å²) < 4.78 is 29.3. The zero-order valence-corrected chi connectivity index (χ0v) is 14.6. The third kappa shape index (κ3) is 2.73. The quantitative estimate of drug-likeness (QED) is 0.715. The summed E-state index contributed by atoms with van der Waals surface area (Å²) in [7, 11) is -3.40. The molecule has 6 heteroatoms. The van der Waals surface area contributed by atoms with Gasteiger partial charge in [0.15, 0.2) is 0 Å². The minimum atomic E-state index is -3.40. The molecule has 2 heterocycles. The molecule has 1 aliphatic rings. The van der Waals surface area contributed by atoms with Crippen molar-refractivity contribution in [2.24, 2.45) is 0 Å². The van der Waals surface area contributed by atoms with Crippen LogP contribution < -0.4 is 0 Å². The maximum Gasteiger partial charge on any atom is 0.218 e. The van der Waals surface area contributed by atoms with Crippen LogP contribution in [0.1, 0.15) is 11.3 Å². The number of hydrogen-bond acceptors (Lipinski definition) is 2. The molecule has 0 bridgehead atoms. The minimum absolute atomic E-state index is 0.0626. The zero-order valence-electron chi connectivity index (χ0n) is 13.0.